The highest BCUT2D eigenvalue weighted by atomic mass is 16.6. The smallest absolute Gasteiger partial charge is 0.373 e. The van der Waals surface area contributed by atoms with Gasteiger partial charge >= 0.3 is 11.9 Å². The highest BCUT2D eigenvalue weighted by molar-refractivity contribution is 6.15. The molecule has 9 nitrogen and oxygen atoms in total. The van der Waals surface area contributed by atoms with Crippen molar-refractivity contribution >= 4 is 29.4 Å². The number of benzene rings is 1. The summed E-state index contributed by atoms with van der Waals surface area (Å²) < 4.78 is 15.4. The molecule has 3 heterocycles. The van der Waals surface area contributed by atoms with Crippen LogP contribution < -0.4 is 4.90 Å². The van der Waals surface area contributed by atoms with Crippen LogP contribution in [0.2, 0.25) is 0 Å². The molecule has 1 aromatic carbocycles. The van der Waals surface area contributed by atoms with Gasteiger partial charge < -0.3 is 18.8 Å². The van der Waals surface area contributed by atoms with Crippen LogP contribution in [0.4, 0.5) is 5.69 Å². The molecule has 156 valence electrons. The van der Waals surface area contributed by atoms with Crippen LogP contribution in [-0.2, 0) is 25.7 Å². The lowest BCUT2D eigenvalue weighted by molar-refractivity contribution is -0.159. The number of hydrogen-bond acceptors (Lipinski definition) is 7. The van der Waals surface area contributed by atoms with E-state index in [0.29, 0.717) is 11.3 Å². The number of para-hydroxylation sites is 1. The number of likely N-dealkylation sites (N-methyl/N-ethyl adjacent to an activating group) is 1. The van der Waals surface area contributed by atoms with Crippen LogP contribution in [0.1, 0.15) is 46.4 Å². The van der Waals surface area contributed by atoms with Crippen molar-refractivity contribution in [2.24, 2.45) is 0 Å². The fourth-order valence-electron chi connectivity index (χ4n) is 4.09. The van der Waals surface area contributed by atoms with Gasteiger partial charge in [-0.2, -0.15) is 0 Å². The molecular weight excluding hydrogens is 392 g/mol. The van der Waals surface area contributed by atoms with Crippen LogP contribution in [0.15, 0.2) is 40.8 Å². The maximum Gasteiger partial charge on any atom is 0.373 e. The van der Waals surface area contributed by atoms with Crippen molar-refractivity contribution in [2.75, 3.05) is 18.6 Å². The zero-order valence-corrected chi connectivity index (χ0v) is 16.5. The monoisotopic (exact) mass is 412 g/mol. The van der Waals surface area contributed by atoms with Crippen LogP contribution in [0, 0.1) is 0 Å². The van der Waals surface area contributed by atoms with Crippen molar-refractivity contribution in [1.82, 2.24) is 4.90 Å². The van der Waals surface area contributed by atoms with E-state index in [1.54, 1.807) is 31.2 Å². The molecule has 0 aliphatic carbocycles. The van der Waals surface area contributed by atoms with Crippen molar-refractivity contribution in [3.05, 3.63) is 53.5 Å². The third-order valence-electron chi connectivity index (χ3n) is 5.41. The van der Waals surface area contributed by atoms with Gasteiger partial charge in [-0.05, 0) is 31.2 Å². The minimum absolute atomic E-state index is 0.0173. The molecule has 1 aromatic heterocycles. The Hall–Kier alpha value is -3.62. The Balaban J connectivity index is 1.66. The SMILES string of the molecule is CCN1C(=O)c2ccccc2N2C(=O)CC[C@]12C(=O)OCc1ccc(C(=O)OC)o1. The molecule has 0 N–H and O–H groups in total. The Morgan fingerprint density at radius 3 is 2.67 bits per heavy atom. The summed E-state index contributed by atoms with van der Waals surface area (Å²) in [5.41, 5.74) is -0.779. The molecule has 1 atom stereocenters. The molecule has 0 bridgehead atoms. The Morgan fingerprint density at radius 1 is 1.17 bits per heavy atom. The quantitative estimate of drug-likeness (QED) is 0.693. The van der Waals surface area contributed by atoms with Crippen molar-refractivity contribution in [3.63, 3.8) is 0 Å². The van der Waals surface area contributed by atoms with Gasteiger partial charge in [0.25, 0.3) is 5.91 Å². The van der Waals surface area contributed by atoms with E-state index in [2.05, 4.69) is 4.74 Å². The minimum Gasteiger partial charge on any atom is -0.463 e. The number of ether oxygens (including phenoxy) is 2. The third-order valence-corrected chi connectivity index (χ3v) is 5.41. The van der Waals surface area contributed by atoms with E-state index in [1.165, 1.54) is 29.0 Å². The summed E-state index contributed by atoms with van der Waals surface area (Å²) in [6, 6.07) is 9.63. The van der Waals surface area contributed by atoms with Crippen LogP contribution >= 0.6 is 0 Å². The first-order valence-electron chi connectivity index (χ1n) is 9.52. The molecule has 2 aromatic rings. The molecule has 1 fully saturated rings. The highest BCUT2D eigenvalue weighted by Crippen LogP contribution is 2.45. The molecule has 2 amide bonds. The van der Waals surface area contributed by atoms with Crippen LogP contribution in [0.5, 0.6) is 0 Å². The predicted molar refractivity (Wildman–Crippen MR) is 102 cm³/mol. The summed E-state index contributed by atoms with van der Waals surface area (Å²) in [5.74, 6) is -1.74. The number of furan rings is 1. The average Bonchev–Trinajstić information content (AvgIpc) is 3.37. The second-order valence-electron chi connectivity index (χ2n) is 6.95. The molecule has 1 saturated heterocycles. The lowest BCUT2D eigenvalue weighted by Crippen LogP contribution is -2.68. The van der Waals surface area contributed by atoms with Gasteiger partial charge in [0.2, 0.25) is 17.3 Å². The molecule has 0 unspecified atom stereocenters. The normalized spacial score (nSPS) is 20.1. The molecule has 2 aliphatic heterocycles. The second-order valence-corrected chi connectivity index (χ2v) is 6.95. The maximum absolute atomic E-state index is 13.3. The number of carbonyl (C=O) groups excluding carboxylic acids is 4. The van der Waals surface area contributed by atoms with Crippen LogP contribution in [-0.4, -0.2) is 48.0 Å². The van der Waals surface area contributed by atoms with Crippen molar-refractivity contribution in [1.29, 1.82) is 0 Å². The topological polar surface area (TPSA) is 106 Å². The molecule has 30 heavy (non-hydrogen) atoms. The number of anilines is 1. The van der Waals surface area contributed by atoms with Crippen molar-refractivity contribution < 1.29 is 33.1 Å². The van der Waals surface area contributed by atoms with E-state index >= 15 is 0 Å². The van der Waals surface area contributed by atoms with Gasteiger partial charge in [0, 0.05) is 19.4 Å². The molecule has 4 rings (SSSR count). The van der Waals surface area contributed by atoms with Gasteiger partial charge in [-0.3, -0.25) is 14.5 Å². The molecule has 0 radical (unpaired) electrons. The Kier molecular flexibility index (Phi) is 4.81. The van der Waals surface area contributed by atoms with Crippen molar-refractivity contribution in [2.45, 2.75) is 32.0 Å². The van der Waals surface area contributed by atoms with Gasteiger partial charge in [0.05, 0.1) is 18.4 Å². The Labute approximate surface area is 172 Å². The van der Waals surface area contributed by atoms with E-state index in [1.807, 2.05) is 0 Å². The predicted octanol–water partition coefficient (Wildman–Crippen LogP) is 2.11. The summed E-state index contributed by atoms with van der Waals surface area (Å²) in [6.07, 6.45) is 0.241. The first-order valence-corrected chi connectivity index (χ1v) is 9.52. The summed E-state index contributed by atoms with van der Waals surface area (Å²) in [7, 11) is 1.23. The average molecular weight is 412 g/mol. The largest absolute Gasteiger partial charge is 0.463 e. The number of esters is 2. The van der Waals surface area contributed by atoms with Gasteiger partial charge in [0.1, 0.15) is 12.4 Å². The van der Waals surface area contributed by atoms with E-state index in [4.69, 9.17) is 9.15 Å². The fourth-order valence-corrected chi connectivity index (χ4v) is 4.09. The number of nitrogens with zero attached hydrogens (tertiary/aromatic N) is 2. The molecule has 0 saturated carbocycles. The number of hydrogen-bond donors (Lipinski definition) is 0. The second kappa shape index (κ2) is 7.33. The van der Waals surface area contributed by atoms with E-state index in [-0.39, 0.29) is 49.3 Å². The van der Waals surface area contributed by atoms with E-state index < -0.39 is 17.6 Å². The lowest BCUT2D eigenvalue weighted by atomic mass is 9.96. The summed E-state index contributed by atoms with van der Waals surface area (Å²) in [4.78, 5) is 53.4. The summed E-state index contributed by atoms with van der Waals surface area (Å²) in [5, 5.41) is 0. The van der Waals surface area contributed by atoms with E-state index in [0.717, 1.165) is 0 Å². The minimum atomic E-state index is -1.55. The van der Waals surface area contributed by atoms with Crippen molar-refractivity contribution in [3.8, 4) is 0 Å². The number of carbonyl (C=O) groups is 4. The van der Waals surface area contributed by atoms with E-state index in [9.17, 15) is 19.2 Å². The molecule has 0 spiro atoms. The van der Waals surface area contributed by atoms with Gasteiger partial charge in [0.15, 0.2) is 0 Å². The summed E-state index contributed by atoms with van der Waals surface area (Å²) in [6.45, 7) is 1.71. The first kappa shape index (κ1) is 19.7. The Bertz CT molecular complexity index is 1040. The number of amides is 2. The summed E-state index contributed by atoms with van der Waals surface area (Å²) >= 11 is 0. The zero-order chi connectivity index (χ0) is 21.5. The molecule has 9 heteroatoms. The van der Waals surface area contributed by atoms with Gasteiger partial charge in [-0.25, -0.2) is 9.59 Å². The first-order chi connectivity index (χ1) is 14.4. The maximum atomic E-state index is 13.3. The number of rotatable bonds is 5. The van der Waals surface area contributed by atoms with Crippen LogP contribution in [0.25, 0.3) is 0 Å². The number of methoxy groups -OCH3 is 1. The molecular formula is C21H20N2O7. The fraction of sp³-hybridized carbons (Fsp3) is 0.333. The third kappa shape index (κ3) is 2.77. The van der Waals surface area contributed by atoms with Crippen LogP contribution in [0.3, 0.4) is 0 Å². The Morgan fingerprint density at radius 2 is 1.93 bits per heavy atom. The number of fused-ring (bicyclic) bond motifs is 3. The zero-order valence-electron chi connectivity index (χ0n) is 16.5. The highest BCUT2D eigenvalue weighted by Gasteiger charge is 2.61. The molecule has 2 aliphatic rings. The standard InChI is InChI=1S/C21H20N2O7/c1-3-22-18(25)14-6-4-5-7-15(14)23-17(24)10-11-21(22,23)20(27)29-12-13-8-9-16(30-13)19(26)28-2/h4-9H,3,10-12H2,1-2H3/t21-/m0/s1. The lowest BCUT2D eigenvalue weighted by Gasteiger charge is -2.47. The van der Waals surface area contributed by atoms with Gasteiger partial charge in [-0.15, -0.1) is 0 Å². The van der Waals surface area contributed by atoms with Gasteiger partial charge in [-0.1, -0.05) is 12.1 Å².